The van der Waals surface area contributed by atoms with Gasteiger partial charge >= 0.3 is 0 Å². The Morgan fingerprint density at radius 2 is 1.50 bits per heavy atom. The molecule has 0 heterocycles. The summed E-state index contributed by atoms with van der Waals surface area (Å²) in [5.74, 6) is 0. The van der Waals surface area contributed by atoms with Crippen LogP contribution < -0.4 is 5.73 Å². The van der Waals surface area contributed by atoms with Gasteiger partial charge in [0.2, 0.25) is 0 Å². The summed E-state index contributed by atoms with van der Waals surface area (Å²) in [7, 11) is 0. The van der Waals surface area contributed by atoms with E-state index in [1.165, 1.54) is 11.1 Å². The number of ether oxygens (including phenoxy) is 1. The second-order valence-electron chi connectivity index (χ2n) is 4.26. The highest BCUT2D eigenvalue weighted by Gasteiger charge is 1.99. The third-order valence-electron chi connectivity index (χ3n) is 2.97. The third-order valence-corrected chi connectivity index (χ3v) is 2.97. The largest absolute Gasteiger partial charge is 0.376 e. The van der Waals surface area contributed by atoms with Crippen molar-refractivity contribution in [1.29, 1.82) is 0 Å². The summed E-state index contributed by atoms with van der Waals surface area (Å²) in [6, 6.07) is 18.5. The van der Waals surface area contributed by atoms with Crippen molar-refractivity contribution in [3.8, 4) is 0 Å². The van der Waals surface area contributed by atoms with E-state index in [-0.39, 0.29) is 0 Å². The summed E-state index contributed by atoms with van der Waals surface area (Å²) in [6.45, 7) is 1.95. The first-order valence-electron chi connectivity index (χ1n) is 6.28. The fourth-order valence-electron chi connectivity index (χ4n) is 1.91. The van der Waals surface area contributed by atoms with Gasteiger partial charge in [-0.1, -0.05) is 54.6 Å². The molecule has 0 aliphatic carbocycles. The van der Waals surface area contributed by atoms with Crippen molar-refractivity contribution < 1.29 is 4.74 Å². The summed E-state index contributed by atoms with van der Waals surface area (Å²) in [5.41, 5.74) is 9.35. The summed E-state index contributed by atoms with van der Waals surface area (Å²) < 4.78 is 5.71. The van der Waals surface area contributed by atoms with E-state index in [1.54, 1.807) is 0 Å². The standard InChI is InChI=1S/C16H19NO/c17-12-15-8-4-5-9-16(15)13-18-11-10-14-6-2-1-3-7-14/h1-9H,10-13,17H2. The fourth-order valence-corrected chi connectivity index (χ4v) is 1.91. The predicted molar refractivity (Wildman–Crippen MR) is 74.1 cm³/mol. The maximum Gasteiger partial charge on any atom is 0.0720 e. The van der Waals surface area contributed by atoms with E-state index in [1.807, 2.05) is 18.2 Å². The van der Waals surface area contributed by atoms with Crippen LogP contribution in [0.5, 0.6) is 0 Å². The van der Waals surface area contributed by atoms with Crippen LogP contribution in [0.25, 0.3) is 0 Å². The van der Waals surface area contributed by atoms with E-state index in [4.69, 9.17) is 10.5 Å². The molecule has 0 bridgehead atoms. The molecule has 2 heteroatoms. The molecule has 0 aromatic heterocycles. The maximum atomic E-state index is 5.71. The zero-order valence-corrected chi connectivity index (χ0v) is 10.5. The van der Waals surface area contributed by atoms with Gasteiger partial charge in [0.1, 0.15) is 0 Å². The first-order chi connectivity index (χ1) is 8.90. The normalized spacial score (nSPS) is 10.5. The molecule has 2 aromatic carbocycles. The molecule has 0 amide bonds. The van der Waals surface area contributed by atoms with Crippen LogP contribution in [0.3, 0.4) is 0 Å². The van der Waals surface area contributed by atoms with Crippen LogP contribution in [0.4, 0.5) is 0 Å². The lowest BCUT2D eigenvalue weighted by atomic mass is 10.1. The van der Waals surface area contributed by atoms with Crippen LogP contribution in [0, 0.1) is 0 Å². The Labute approximate surface area is 108 Å². The predicted octanol–water partition coefficient (Wildman–Crippen LogP) is 2.90. The van der Waals surface area contributed by atoms with E-state index >= 15 is 0 Å². The molecule has 0 spiro atoms. The number of hydrogen-bond acceptors (Lipinski definition) is 2. The lowest BCUT2D eigenvalue weighted by molar-refractivity contribution is 0.123. The molecule has 2 aromatic rings. The molecule has 94 valence electrons. The molecular weight excluding hydrogens is 222 g/mol. The molecule has 0 radical (unpaired) electrons. The van der Waals surface area contributed by atoms with Gasteiger partial charge in [-0.05, 0) is 23.1 Å². The van der Waals surface area contributed by atoms with Crippen LogP contribution in [-0.4, -0.2) is 6.61 Å². The van der Waals surface area contributed by atoms with Gasteiger partial charge in [-0.25, -0.2) is 0 Å². The number of nitrogens with two attached hydrogens (primary N) is 1. The average molecular weight is 241 g/mol. The Morgan fingerprint density at radius 1 is 0.833 bits per heavy atom. The van der Waals surface area contributed by atoms with Gasteiger partial charge in [-0.15, -0.1) is 0 Å². The minimum absolute atomic E-state index is 0.568. The average Bonchev–Trinajstić information content (AvgIpc) is 2.45. The van der Waals surface area contributed by atoms with Gasteiger partial charge in [-0.3, -0.25) is 0 Å². The molecule has 2 N–H and O–H groups in total. The van der Waals surface area contributed by atoms with Crippen molar-refractivity contribution in [2.45, 2.75) is 19.6 Å². The molecule has 0 aliphatic rings. The van der Waals surface area contributed by atoms with E-state index < -0.39 is 0 Å². The summed E-state index contributed by atoms with van der Waals surface area (Å²) in [4.78, 5) is 0. The molecular formula is C16H19NO. The maximum absolute atomic E-state index is 5.71. The smallest absolute Gasteiger partial charge is 0.0720 e. The van der Waals surface area contributed by atoms with Crippen LogP contribution in [-0.2, 0) is 24.3 Å². The van der Waals surface area contributed by atoms with Crippen LogP contribution >= 0.6 is 0 Å². The minimum atomic E-state index is 0.568. The van der Waals surface area contributed by atoms with E-state index in [0.29, 0.717) is 13.2 Å². The highest BCUT2D eigenvalue weighted by Crippen LogP contribution is 2.09. The molecule has 0 saturated heterocycles. The summed E-state index contributed by atoms with van der Waals surface area (Å²) >= 11 is 0. The Kier molecular flexibility index (Phi) is 4.94. The zero-order valence-electron chi connectivity index (χ0n) is 10.5. The second kappa shape index (κ2) is 6.94. The van der Waals surface area contributed by atoms with Gasteiger partial charge in [0, 0.05) is 6.54 Å². The van der Waals surface area contributed by atoms with E-state index in [0.717, 1.165) is 18.6 Å². The topological polar surface area (TPSA) is 35.2 Å². The molecule has 0 unspecified atom stereocenters. The lowest BCUT2D eigenvalue weighted by Crippen LogP contribution is -2.04. The number of hydrogen-bond donors (Lipinski definition) is 1. The molecule has 18 heavy (non-hydrogen) atoms. The highest BCUT2D eigenvalue weighted by atomic mass is 16.5. The van der Waals surface area contributed by atoms with Crippen LogP contribution in [0.15, 0.2) is 54.6 Å². The van der Waals surface area contributed by atoms with Gasteiger partial charge in [-0.2, -0.15) is 0 Å². The summed E-state index contributed by atoms with van der Waals surface area (Å²) in [6.07, 6.45) is 0.950. The molecule has 2 nitrogen and oxygen atoms in total. The second-order valence-corrected chi connectivity index (χ2v) is 4.26. The fraction of sp³-hybridized carbons (Fsp3) is 0.250. The molecule has 2 rings (SSSR count). The van der Waals surface area contributed by atoms with Crippen molar-refractivity contribution in [3.63, 3.8) is 0 Å². The lowest BCUT2D eigenvalue weighted by Gasteiger charge is -2.08. The van der Waals surface area contributed by atoms with Crippen molar-refractivity contribution in [3.05, 3.63) is 71.3 Å². The van der Waals surface area contributed by atoms with Crippen LogP contribution in [0.1, 0.15) is 16.7 Å². The first kappa shape index (κ1) is 12.8. The van der Waals surface area contributed by atoms with E-state index in [9.17, 15) is 0 Å². The first-order valence-corrected chi connectivity index (χ1v) is 6.28. The third kappa shape index (κ3) is 3.69. The molecule has 0 saturated carbocycles. The Bertz CT molecular complexity index is 468. The minimum Gasteiger partial charge on any atom is -0.376 e. The summed E-state index contributed by atoms with van der Waals surface area (Å²) in [5, 5.41) is 0. The Balaban J connectivity index is 1.78. The van der Waals surface area contributed by atoms with Crippen molar-refractivity contribution in [2.24, 2.45) is 5.73 Å². The zero-order chi connectivity index (χ0) is 12.6. The quantitative estimate of drug-likeness (QED) is 0.789. The SMILES string of the molecule is NCc1ccccc1COCCc1ccccc1. The monoisotopic (exact) mass is 241 g/mol. The molecule has 0 fully saturated rings. The molecule has 0 atom stereocenters. The van der Waals surface area contributed by atoms with E-state index in [2.05, 4.69) is 36.4 Å². The Hall–Kier alpha value is -1.64. The van der Waals surface area contributed by atoms with Crippen molar-refractivity contribution >= 4 is 0 Å². The van der Waals surface area contributed by atoms with Crippen LogP contribution in [0.2, 0.25) is 0 Å². The van der Waals surface area contributed by atoms with Gasteiger partial charge in [0.15, 0.2) is 0 Å². The number of rotatable bonds is 6. The van der Waals surface area contributed by atoms with Gasteiger partial charge < -0.3 is 10.5 Å². The van der Waals surface area contributed by atoms with Crippen molar-refractivity contribution in [2.75, 3.05) is 6.61 Å². The Morgan fingerprint density at radius 3 is 2.22 bits per heavy atom. The number of benzene rings is 2. The van der Waals surface area contributed by atoms with Crippen molar-refractivity contribution in [1.82, 2.24) is 0 Å². The highest BCUT2D eigenvalue weighted by molar-refractivity contribution is 5.26. The van der Waals surface area contributed by atoms with Gasteiger partial charge in [0.25, 0.3) is 0 Å². The molecule has 0 aliphatic heterocycles. The van der Waals surface area contributed by atoms with Gasteiger partial charge in [0.05, 0.1) is 13.2 Å².